The van der Waals surface area contributed by atoms with Crippen LogP contribution in [0.25, 0.3) is 0 Å². The van der Waals surface area contributed by atoms with Crippen molar-refractivity contribution in [3.63, 3.8) is 0 Å². The van der Waals surface area contributed by atoms with E-state index in [0.717, 1.165) is 19.6 Å². The highest BCUT2D eigenvalue weighted by Crippen LogP contribution is 2.33. The molecule has 3 rings (SSSR count). The van der Waals surface area contributed by atoms with Crippen LogP contribution in [0.1, 0.15) is 6.42 Å². The summed E-state index contributed by atoms with van der Waals surface area (Å²) in [5, 5.41) is 0.350. The number of hydrogen-bond acceptors (Lipinski definition) is 3. The Balaban J connectivity index is 1.83. The summed E-state index contributed by atoms with van der Waals surface area (Å²) in [5.74, 6) is 0.772. The summed E-state index contributed by atoms with van der Waals surface area (Å²) in [4.78, 5) is 8.51. The van der Waals surface area contributed by atoms with Gasteiger partial charge in [0.15, 0.2) is 11.6 Å². The Hall–Kier alpha value is -0.870. The Bertz CT molecular complexity index is 440. The molecule has 2 saturated heterocycles. The first-order valence-electron chi connectivity index (χ1n) is 5.91. The van der Waals surface area contributed by atoms with Crippen LogP contribution >= 0.6 is 11.6 Å². The first-order valence-corrected chi connectivity index (χ1v) is 6.29. The van der Waals surface area contributed by atoms with Crippen LogP contribution in [0.15, 0.2) is 12.3 Å². The highest BCUT2D eigenvalue weighted by molar-refractivity contribution is 6.30. The second-order valence-corrected chi connectivity index (χ2v) is 5.40. The van der Waals surface area contributed by atoms with E-state index in [0.29, 0.717) is 22.8 Å². The van der Waals surface area contributed by atoms with Crippen LogP contribution in [0.4, 0.5) is 10.2 Å². The number of anilines is 1. The van der Waals surface area contributed by atoms with E-state index in [1.54, 1.807) is 0 Å². The summed E-state index contributed by atoms with van der Waals surface area (Å²) >= 11 is 5.71. The molecule has 2 aliphatic heterocycles. The first kappa shape index (κ1) is 11.2. The van der Waals surface area contributed by atoms with Crippen molar-refractivity contribution in [2.75, 3.05) is 31.6 Å². The van der Waals surface area contributed by atoms with Crippen molar-refractivity contribution in [2.45, 2.75) is 12.5 Å². The zero-order chi connectivity index (χ0) is 12.0. The Morgan fingerprint density at radius 2 is 2.29 bits per heavy atom. The SMILES string of the molecule is CN1CC[C@@H]2CN(c3ncc(Cl)cc3F)C[C@@H]21. The van der Waals surface area contributed by atoms with Crippen LogP contribution in [0.3, 0.4) is 0 Å². The van der Waals surface area contributed by atoms with Crippen LogP contribution in [-0.4, -0.2) is 42.6 Å². The zero-order valence-electron chi connectivity index (χ0n) is 9.74. The number of likely N-dealkylation sites (N-methyl/N-ethyl adjacent to an activating group) is 1. The van der Waals surface area contributed by atoms with Crippen LogP contribution in [-0.2, 0) is 0 Å². The molecule has 1 aromatic heterocycles. The molecule has 0 saturated carbocycles. The molecule has 2 atom stereocenters. The minimum Gasteiger partial charge on any atom is -0.352 e. The fourth-order valence-electron chi connectivity index (χ4n) is 2.99. The van der Waals surface area contributed by atoms with E-state index < -0.39 is 0 Å². The lowest BCUT2D eigenvalue weighted by Crippen LogP contribution is -2.32. The van der Waals surface area contributed by atoms with Crippen LogP contribution in [0.5, 0.6) is 0 Å². The number of aromatic nitrogens is 1. The quantitative estimate of drug-likeness (QED) is 0.765. The molecule has 0 spiro atoms. The third-order valence-corrected chi connectivity index (χ3v) is 4.12. The Morgan fingerprint density at radius 1 is 1.47 bits per heavy atom. The summed E-state index contributed by atoms with van der Waals surface area (Å²) in [6.45, 7) is 2.92. The van der Waals surface area contributed by atoms with Crippen LogP contribution < -0.4 is 4.90 Å². The number of pyridine rings is 1. The maximum absolute atomic E-state index is 13.8. The first-order chi connectivity index (χ1) is 8.15. The van der Waals surface area contributed by atoms with Crippen molar-refractivity contribution >= 4 is 17.4 Å². The van der Waals surface area contributed by atoms with Gasteiger partial charge < -0.3 is 9.80 Å². The molecule has 5 heteroatoms. The molecule has 0 unspecified atom stereocenters. The number of likely N-dealkylation sites (tertiary alicyclic amines) is 1. The van der Waals surface area contributed by atoms with Crippen LogP contribution in [0.2, 0.25) is 5.02 Å². The van der Waals surface area contributed by atoms with Gasteiger partial charge >= 0.3 is 0 Å². The van der Waals surface area contributed by atoms with E-state index in [9.17, 15) is 4.39 Å². The smallest absolute Gasteiger partial charge is 0.167 e. The van der Waals surface area contributed by atoms with Gasteiger partial charge in [0.25, 0.3) is 0 Å². The normalized spacial score (nSPS) is 28.8. The number of nitrogens with zero attached hydrogens (tertiary/aromatic N) is 3. The van der Waals surface area contributed by atoms with Gasteiger partial charge in [0.1, 0.15) is 0 Å². The topological polar surface area (TPSA) is 19.4 Å². The third kappa shape index (κ3) is 1.89. The van der Waals surface area contributed by atoms with Gasteiger partial charge in [-0.3, -0.25) is 0 Å². The summed E-state index contributed by atoms with van der Waals surface area (Å²) in [6.07, 6.45) is 2.71. The Kier molecular flexibility index (Phi) is 2.71. The fraction of sp³-hybridized carbons (Fsp3) is 0.583. The molecule has 2 aliphatic rings. The standard InChI is InChI=1S/C12H15ClFN3/c1-16-3-2-8-6-17(7-11(8)16)12-10(14)4-9(13)5-15-12/h4-5,8,11H,2-3,6-7H2,1H3/t8-,11+/m1/s1. The lowest BCUT2D eigenvalue weighted by atomic mass is 10.1. The summed E-state index contributed by atoms with van der Waals surface area (Å²) in [7, 11) is 2.14. The maximum atomic E-state index is 13.8. The molecular formula is C12H15ClFN3. The number of hydrogen-bond donors (Lipinski definition) is 0. The van der Waals surface area contributed by atoms with Crippen molar-refractivity contribution in [3.8, 4) is 0 Å². The number of fused-ring (bicyclic) bond motifs is 1. The van der Waals surface area contributed by atoms with E-state index >= 15 is 0 Å². The summed E-state index contributed by atoms with van der Waals surface area (Å²) in [6, 6.07) is 1.88. The van der Waals surface area contributed by atoms with E-state index in [2.05, 4.69) is 16.9 Å². The molecule has 0 N–H and O–H groups in total. The van der Waals surface area contributed by atoms with E-state index in [4.69, 9.17) is 11.6 Å². The lowest BCUT2D eigenvalue weighted by Gasteiger charge is -2.21. The van der Waals surface area contributed by atoms with E-state index in [-0.39, 0.29) is 5.82 Å². The number of halogens is 2. The minimum atomic E-state index is -0.319. The van der Waals surface area contributed by atoms with E-state index in [1.165, 1.54) is 18.7 Å². The highest BCUT2D eigenvalue weighted by atomic mass is 35.5. The molecule has 0 amide bonds. The van der Waals surface area contributed by atoms with Gasteiger partial charge in [-0.15, -0.1) is 0 Å². The Labute approximate surface area is 105 Å². The van der Waals surface area contributed by atoms with E-state index in [1.807, 2.05) is 4.90 Å². The Morgan fingerprint density at radius 3 is 3.00 bits per heavy atom. The van der Waals surface area contributed by atoms with Crippen LogP contribution in [0, 0.1) is 11.7 Å². The molecule has 0 aromatic carbocycles. The van der Waals surface area contributed by atoms with Crippen molar-refractivity contribution in [1.82, 2.24) is 9.88 Å². The largest absolute Gasteiger partial charge is 0.352 e. The minimum absolute atomic E-state index is 0.319. The predicted octanol–water partition coefficient (Wildman–Crippen LogP) is 2.01. The average Bonchev–Trinajstić information content (AvgIpc) is 2.81. The maximum Gasteiger partial charge on any atom is 0.167 e. The molecule has 92 valence electrons. The second kappa shape index (κ2) is 4.10. The molecule has 17 heavy (non-hydrogen) atoms. The molecule has 3 heterocycles. The van der Waals surface area contributed by atoms with Gasteiger partial charge in [0, 0.05) is 25.3 Å². The molecule has 1 aromatic rings. The van der Waals surface area contributed by atoms with Gasteiger partial charge in [-0.1, -0.05) is 11.6 Å². The predicted molar refractivity (Wildman–Crippen MR) is 65.9 cm³/mol. The zero-order valence-corrected chi connectivity index (χ0v) is 10.5. The third-order valence-electron chi connectivity index (χ3n) is 3.91. The molecule has 3 nitrogen and oxygen atoms in total. The van der Waals surface area contributed by atoms with Gasteiger partial charge in [0.2, 0.25) is 0 Å². The van der Waals surface area contributed by atoms with Crippen molar-refractivity contribution in [2.24, 2.45) is 5.92 Å². The lowest BCUT2D eigenvalue weighted by molar-refractivity contribution is 0.310. The van der Waals surface area contributed by atoms with Gasteiger partial charge in [0.05, 0.1) is 5.02 Å². The molecule has 0 bridgehead atoms. The molecule has 0 radical (unpaired) electrons. The molecular weight excluding hydrogens is 241 g/mol. The monoisotopic (exact) mass is 255 g/mol. The molecule has 0 aliphatic carbocycles. The van der Waals surface area contributed by atoms with Gasteiger partial charge in [-0.2, -0.15) is 0 Å². The van der Waals surface area contributed by atoms with Crippen molar-refractivity contribution < 1.29 is 4.39 Å². The van der Waals surface area contributed by atoms with Crippen molar-refractivity contribution in [3.05, 3.63) is 23.1 Å². The summed E-state index contributed by atoms with van der Waals surface area (Å²) in [5.41, 5.74) is 0. The fourth-order valence-corrected chi connectivity index (χ4v) is 3.13. The summed E-state index contributed by atoms with van der Waals surface area (Å²) < 4.78 is 13.8. The highest BCUT2D eigenvalue weighted by Gasteiger charge is 2.40. The average molecular weight is 256 g/mol. The van der Waals surface area contributed by atoms with Gasteiger partial charge in [-0.05, 0) is 32.0 Å². The second-order valence-electron chi connectivity index (χ2n) is 4.96. The number of rotatable bonds is 1. The van der Waals surface area contributed by atoms with Crippen molar-refractivity contribution in [1.29, 1.82) is 0 Å². The molecule has 2 fully saturated rings. The van der Waals surface area contributed by atoms with Gasteiger partial charge in [-0.25, -0.2) is 9.37 Å².